The van der Waals surface area contributed by atoms with Crippen LogP contribution in [0.2, 0.25) is 0 Å². The Labute approximate surface area is 118 Å². The zero-order valence-corrected chi connectivity index (χ0v) is 11.4. The molecule has 0 saturated heterocycles. The summed E-state index contributed by atoms with van der Waals surface area (Å²) in [6.45, 7) is 3.41. The lowest BCUT2D eigenvalue weighted by Gasteiger charge is -2.07. The van der Waals surface area contributed by atoms with E-state index in [2.05, 4.69) is 11.4 Å². The quantitative estimate of drug-likeness (QED) is 0.742. The molecule has 0 saturated carbocycles. The fraction of sp³-hybridized carbons (Fsp3) is 0.176. The van der Waals surface area contributed by atoms with Gasteiger partial charge in [0, 0.05) is 23.2 Å². The van der Waals surface area contributed by atoms with Crippen molar-refractivity contribution in [3.05, 3.63) is 60.4 Å². The molecular formula is C17H17NO2. The molecule has 0 spiro atoms. The molecule has 0 aliphatic rings. The average molecular weight is 267 g/mol. The number of ether oxygens (including phenoxy) is 1. The van der Waals surface area contributed by atoms with Crippen molar-refractivity contribution in [3.8, 4) is 5.75 Å². The van der Waals surface area contributed by atoms with Crippen molar-refractivity contribution < 1.29 is 9.15 Å². The van der Waals surface area contributed by atoms with E-state index in [0.717, 1.165) is 34.5 Å². The van der Waals surface area contributed by atoms with Crippen LogP contribution in [0.15, 0.2) is 59.2 Å². The summed E-state index contributed by atoms with van der Waals surface area (Å²) in [7, 11) is 0. The smallest absolute Gasteiger partial charge is 0.134 e. The second-order valence-corrected chi connectivity index (χ2v) is 4.57. The molecule has 0 fully saturated rings. The van der Waals surface area contributed by atoms with E-state index in [1.54, 1.807) is 0 Å². The molecule has 1 N–H and O–H groups in total. The SMILES string of the molecule is CCOc1ccc(NCc2coc3ccccc23)cc1. The maximum atomic E-state index is 5.53. The Morgan fingerprint density at radius 1 is 1.05 bits per heavy atom. The summed E-state index contributed by atoms with van der Waals surface area (Å²) in [6, 6.07) is 16.1. The third-order valence-electron chi connectivity index (χ3n) is 3.21. The van der Waals surface area contributed by atoms with Crippen molar-refractivity contribution in [2.45, 2.75) is 13.5 Å². The van der Waals surface area contributed by atoms with E-state index in [4.69, 9.17) is 9.15 Å². The van der Waals surface area contributed by atoms with Gasteiger partial charge in [0.05, 0.1) is 12.9 Å². The summed E-state index contributed by atoms with van der Waals surface area (Å²) >= 11 is 0. The van der Waals surface area contributed by atoms with Gasteiger partial charge < -0.3 is 14.5 Å². The molecule has 0 aliphatic carbocycles. The van der Waals surface area contributed by atoms with Crippen molar-refractivity contribution >= 4 is 16.7 Å². The Balaban J connectivity index is 1.69. The second kappa shape index (κ2) is 5.70. The van der Waals surface area contributed by atoms with Gasteiger partial charge in [-0.25, -0.2) is 0 Å². The Hall–Kier alpha value is -2.42. The molecule has 20 heavy (non-hydrogen) atoms. The van der Waals surface area contributed by atoms with Crippen LogP contribution in [0.25, 0.3) is 11.0 Å². The van der Waals surface area contributed by atoms with Gasteiger partial charge in [-0.2, -0.15) is 0 Å². The number of rotatable bonds is 5. The highest BCUT2D eigenvalue weighted by atomic mass is 16.5. The van der Waals surface area contributed by atoms with Gasteiger partial charge in [-0.3, -0.25) is 0 Å². The molecule has 1 aromatic heterocycles. The topological polar surface area (TPSA) is 34.4 Å². The summed E-state index contributed by atoms with van der Waals surface area (Å²) in [5.74, 6) is 0.895. The minimum Gasteiger partial charge on any atom is -0.494 e. The normalized spacial score (nSPS) is 10.7. The molecule has 1 heterocycles. The van der Waals surface area contributed by atoms with Gasteiger partial charge in [0.2, 0.25) is 0 Å². The van der Waals surface area contributed by atoms with Crippen LogP contribution >= 0.6 is 0 Å². The lowest BCUT2D eigenvalue weighted by Crippen LogP contribution is -1.98. The number of benzene rings is 2. The van der Waals surface area contributed by atoms with Crippen molar-refractivity contribution in [1.82, 2.24) is 0 Å². The van der Waals surface area contributed by atoms with E-state index in [9.17, 15) is 0 Å². The van der Waals surface area contributed by atoms with Gasteiger partial charge >= 0.3 is 0 Å². The number of para-hydroxylation sites is 1. The van der Waals surface area contributed by atoms with Crippen molar-refractivity contribution in [1.29, 1.82) is 0 Å². The molecule has 2 aromatic carbocycles. The highest BCUT2D eigenvalue weighted by Crippen LogP contribution is 2.22. The van der Waals surface area contributed by atoms with Crippen LogP contribution in [0, 0.1) is 0 Å². The minimum absolute atomic E-state index is 0.688. The van der Waals surface area contributed by atoms with Gasteiger partial charge in [0.25, 0.3) is 0 Å². The van der Waals surface area contributed by atoms with Gasteiger partial charge in [-0.05, 0) is 37.3 Å². The molecule has 0 atom stereocenters. The maximum Gasteiger partial charge on any atom is 0.134 e. The van der Waals surface area contributed by atoms with Gasteiger partial charge in [0.15, 0.2) is 0 Å². The van der Waals surface area contributed by atoms with Gasteiger partial charge in [-0.15, -0.1) is 0 Å². The van der Waals surface area contributed by atoms with Crippen LogP contribution in [0.3, 0.4) is 0 Å². The molecule has 102 valence electrons. The summed E-state index contributed by atoms with van der Waals surface area (Å²) in [4.78, 5) is 0. The fourth-order valence-electron chi connectivity index (χ4n) is 2.20. The molecule has 0 amide bonds. The van der Waals surface area contributed by atoms with Crippen LogP contribution in [-0.4, -0.2) is 6.61 Å². The number of fused-ring (bicyclic) bond motifs is 1. The first kappa shape index (κ1) is 12.6. The largest absolute Gasteiger partial charge is 0.494 e. The second-order valence-electron chi connectivity index (χ2n) is 4.57. The molecule has 0 aliphatic heterocycles. The van der Waals surface area contributed by atoms with E-state index in [1.165, 1.54) is 0 Å². The predicted octanol–water partition coefficient (Wildman–Crippen LogP) is 4.44. The molecule has 3 aromatic rings. The first-order chi connectivity index (χ1) is 9.86. The Morgan fingerprint density at radius 3 is 2.65 bits per heavy atom. The predicted molar refractivity (Wildman–Crippen MR) is 81.2 cm³/mol. The highest BCUT2D eigenvalue weighted by Gasteiger charge is 2.04. The molecular weight excluding hydrogens is 250 g/mol. The maximum absolute atomic E-state index is 5.53. The molecule has 3 rings (SSSR count). The van der Waals surface area contributed by atoms with E-state index < -0.39 is 0 Å². The number of furan rings is 1. The van der Waals surface area contributed by atoms with Crippen LogP contribution < -0.4 is 10.1 Å². The first-order valence-corrected chi connectivity index (χ1v) is 6.78. The van der Waals surface area contributed by atoms with Crippen molar-refractivity contribution in [2.75, 3.05) is 11.9 Å². The summed E-state index contributed by atoms with van der Waals surface area (Å²) < 4.78 is 11.0. The zero-order valence-electron chi connectivity index (χ0n) is 11.4. The van der Waals surface area contributed by atoms with E-state index >= 15 is 0 Å². The molecule has 0 bridgehead atoms. The van der Waals surface area contributed by atoms with Crippen molar-refractivity contribution in [2.24, 2.45) is 0 Å². The Bertz CT molecular complexity index is 686. The lowest BCUT2D eigenvalue weighted by atomic mass is 10.2. The average Bonchev–Trinajstić information content (AvgIpc) is 2.90. The van der Waals surface area contributed by atoms with Crippen LogP contribution in [0.5, 0.6) is 5.75 Å². The fourth-order valence-corrected chi connectivity index (χ4v) is 2.20. The number of anilines is 1. The number of nitrogens with one attached hydrogen (secondary N) is 1. The van der Waals surface area contributed by atoms with Gasteiger partial charge in [0.1, 0.15) is 11.3 Å². The molecule has 0 unspecified atom stereocenters. The monoisotopic (exact) mass is 267 g/mol. The van der Waals surface area contributed by atoms with E-state index in [1.807, 2.05) is 55.7 Å². The van der Waals surface area contributed by atoms with Crippen molar-refractivity contribution in [3.63, 3.8) is 0 Å². The lowest BCUT2D eigenvalue weighted by molar-refractivity contribution is 0.340. The highest BCUT2D eigenvalue weighted by molar-refractivity contribution is 5.81. The third-order valence-corrected chi connectivity index (χ3v) is 3.21. The van der Waals surface area contributed by atoms with Gasteiger partial charge in [-0.1, -0.05) is 18.2 Å². The summed E-state index contributed by atoms with van der Waals surface area (Å²) in [5.41, 5.74) is 3.16. The number of hydrogen-bond donors (Lipinski definition) is 1. The van der Waals surface area contributed by atoms with E-state index in [0.29, 0.717) is 6.61 Å². The van der Waals surface area contributed by atoms with E-state index in [-0.39, 0.29) is 0 Å². The molecule has 3 heteroatoms. The third kappa shape index (κ3) is 2.62. The summed E-state index contributed by atoms with van der Waals surface area (Å²) in [5, 5.41) is 4.55. The minimum atomic E-state index is 0.688. The Morgan fingerprint density at radius 2 is 1.85 bits per heavy atom. The number of hydrogen-bond acceptors (Lipinski definition) is 3. The van der Waals surface area contributed by atoms with Crippen LogP contribution in [-0.2, 0) is 6.54 Å². The first-order valence-electron chi connectivity index (χ1n) is 6.78. The molecule has 0 radical (unpaired) electrons. The Kier molecular flexibility index (Phi) is 3.59. The standard InChI is InChI=1S/C17H17NO2/c1-2-19-15-9-7-14(8-10-15)18-11-13-12-20-17-6-4-3-5-16(13)17/h3-10,12,18H,2,11H2,1H3. The zero-order chi connectivity index (χ0) is 13.8. The summed E-state index contributed by atoms with van der Waals surface area (Å²) in [6.07, 6.45) is 1.81. The van der Waals surface area contributed by atoms with Crippen LogP contribution in [0.4, 0.5) is 5.69 Å². The molecule has 3 nitrogen and oxygen atoms in total. The van der Waals surface area contributed by atoms with Crippen LogP contribution in [0.1, 0.15) is 12.5 Å².